The first-order chi connectivity index (χ1) is 13.5. The van der Waals surface area contributed by atoms with Crippen LogP contribution in [0.1, 0.15) is 43.6 Å². The zero-order chi connectivity index (χ0) is 20.1. The highest BCUT2D eigenvalue weighted by Crippen LogP contribution is 2.17. The molecule has 0 spiro atoms. The molecule has 1 amide bonds. The van der Waals surface area contributed by atoms with E-state index in [4.69, 9.17) is 4.74 Å². The molecule has 1 N–H and O–H groups in total. The van der Waals surface area contributed by atoms with Crippen molar-refractivity contribution in [2.24, 2.45) is 0 Å². The summed E-state index contributed by atoms with van der Waals surface area (Å²) in [5, 5.41) is 17.9. The number of carbonyl (C=O) groups excluding carboxylic acids is 2. The van der Waals surface area contributed by atoms with Crippen molar-refractivity contribution in [1.29, 1.82) is 0 Å². The van der Waals surface area contributed by atoms with Crippen LogP contribution in [0.25, 0.3) is 5.69 Å². The maximum absolute atomic E-state index is 12.4. The predicted molar refractivity (Wildman–Crippen MR) is 99.9 cm³/mol. The summed E-state index contributed by atoms with van der Waals surface area (Å²) in [5.74, 6) is -0.460. The van der Waals surface area contributed by atoms with Gasteiger partial charge >= 0.3 is 5.97 Å². The molecule has 0 aliphatic rings. The number of nitrogens with zero attached hydrogens (tertiary/aromatic N) is 6. The van der Waals surface area contributed by atoms with E-state index in [1.807, 2.05) is 13.8 Å². The Balaban J connectivity index is 1.61. The van der Waals surface area contributed by atoms with Crippen molar-refractivity contribution < 1.29 is 14.3 Å². The van der Waals surface area contributed by atoms with E-state index in [1.165, 1.54) is 17.9 Å². The van der Waals surface area contributed by atoms with Crippen LogP contribution in [-0.2, 0) is 9.53 Å². The molecule has 0 aliphatic heterocycles. The third kappa shape index (κ3) is 4.22. The Kier molecular flexibility index (Phi) is 5.78. The van der Waals surface area contributed by atoms with Gasteiger partial charge in [-0.3, -0.25) is 4.79 Å². The van der Waals surface area contributed by atoms with Gasteiger partial charge < -0.3 is 10.1 Å². The van der Waals surface area contributed by atoms with Crippen LogP contribution >= 0.6 is 0 Å². The van der Waals surface area contributed by atoms with Gasteiger partial charge in [0.05, 0.1) is 23.5 Å². The zero-order valence-electron chi connectivity index (χ0n) is 15.8. The first-order valence-corrected chi connectivity index (χ1v) is 8.88. The number of benzene rings is 1. The molecule has 3 rings (SSSR count). The summed E-state index contributed by atoms with van der Waals surface area (Å²) in [6.45, 7) is 5.56. The molecular formula is C18H21N7O3. The highest BCUT2D eigenvalue weighted by molar-refractivity contribution is 5.96. The van der Waals surface area contributed by atoms with E-state index in [0.717, 1.165) is 6.42 Å². The van der Waals surface area contributed by atoms with Crippen molar-refractivity contribution >= 4 is 17.7 Å². The maximum Gasteiger partial charge on any atom is 0.338 e. The fraction of sp³-hybridized carbons (Fsp3) is 0.333. The molecule has 0 radical (unpaired) electrons. The lowest BCUT2D eigenvalue weighted by molar-refractivity contribution is -0.123. The van der Waals surface area contributed by atoms with Gasteiger partial charge in [-0.1, -0.05) is 6.92 Å². The average Bonchev–Trinajstić information content (AvgIpc) is 3.39. The average molecular weight is 383 g/mol. The van der Waals surface area contributed by atoms with Gasteiger partial charge in [0.1, 0.15) is 12.1 Å². The molecule has 146 valence electrons. The minimum atomic E-state index is -0.966. The molecule has 28 heavy (non-hydrogen) atoms. The van der Waals surface area contributed by atoms with Gasteiger partial charge in [-0.2, -0.15) is 5.10 Å². The Bertz CT molecular complexity index is 935. The quantitative estimate of drug-likeness (QED) is 0.620. The highest BCUT2D eigenvalue weighted by Gasteiger charge is 2.21. The number of aromatic nitrogens is 6. The molecule has 2 aromatic heterocycles. The molecule has 10 nitrogen and oxygen atoms in total. The third-order valence-corrected chi connectivity index (χ3v) is 4.30. The third-order valence-electron chi connectivity index (χ3n) is 4.30. The monoisotopic (exact) mass is 383 g/mol. The van der Waals surface area contributed by atoms with Crippen LogP contribution in [0.2, 0.25) is 0 Å². The Morgan fingerprint density at radius 3 is 2.57 bits per heavy atom. The number of anilines is 1. The summed E-state index contributed by atoms with van der Waals surface area (Å²) in [6, 6.07) is 8.38. The van der Waals surface area contributed by atoms with Crippen LogP contribution in [0, 0.1) is 0 Å². The molecule has 10 heteroatoms. The summed E-state index contributed by atoms with van der Waals surface area (Å²) >= 11 is 0. The Morgan fingerprint density at radius 2 is 1.93 bits per heavy atom. The Hall–Kier alpha value is -3.56. The van der Waals surface area contributed by atoms with Crippen LogP contribution in [0.3, 0.4) is 0 Å². The van der Waals surface area contributed by atoms with Crippen LogP contribution in [0.5, 0.6) is 0 Å². The number of tetrazole rings is 1. The van der Waals surface area contributed by atoms with Crippen molar-refractivity contribution in [2.45, 2.75) is 39.3 Å². The number of amides is 1. The van der Waals surface area contributed by atoms with E-state index in [1.54, 1.807) is 41.2 Å². The second-order valence-corrected chi connectivity index (χ2v) is 6.26. The second-order valence-electron chi connectivity index (χ2n) is 6.26. The molecule has 0 fully saturated rings. The minimum absolute atomic E-state index is 0.141. The van der Waals surface area contributed by atoms with Crippen molar-refractivity contribution in [3.05, 3.63) is 48.4 Å². The second kappa shape index (κ2) is 8.42. The molecule has 3 aromatic rings. The number of rotatable bonds is 7. The Labute approximate surface area is 161 Å². The van der Waals surface area contributed by atoms with E-state index in [9.17, 15) is 9.59 Å². The topological polar surface area (TPSA) is 117 Å². The fourth-order valence-corrected chi connectivity index (χ4v) is 2.48. The standard InChI is InChI=1S/C18H21N7O3/c1-4-12(2)25-16(9-10-20-25)21-17(26)13(3)28-18(27)14-5-7-15(8-6-14)24-11-19-22-23-24/h5-13H,4H2,1-3H3,(H,21,26)/t12-,13+/m1/s1. The van der Waals surface area contributed by atoms with Crippen molar-refractivity contribution in [3.8, 4) is 5.69 Å². The molecular weight excluding hydrogens is 362 g/mol. The summed E-state index contributed by atoms with van der Waals surface area (Å²) < 4.78 is 8.47. The smallest absolute Gasteiger partial charge is 0.338 e. The van der Waals surface area contributed by atoms with E-state index < -0.39 is 18.0 Å². The summed E-state index contributed by atoms with van der Waals surface area (Å²) in [7, 11) is 0. The maximum atomic E-state index is 12.4. The number of esters is 1. The van der Waals surface area contributed by atoms with E-state index in [-0.39, 0.29) is 6.04 Å². The van der Waals surface area contributed by atoms with Gasteiger partial charge in [-0.25, -0.2) is 14.2 Å². The van der Waals surface area contributed by atoms with Crippen LogP contribution < -0.4 is 5.32 Å². The molecule has 2 atom stereocenters. The minimum Gasteiger partial charge on any atom is -0.449 e. The normalized spacial score (nSPS) is 13.0. The number of hydrogen-bond donors (Lipinski definition) is 1. The molecule has 2 heterocycles. The number of hydrogen-bond acceptors (Lipinski definition) is 7. The van der Waals surface area contributed by atoms with E-state index >= 15 is 0 Å². The van der Waals surface area contributed by atoms with Crippen molar-refractivity contribution in [2.75, 3.05) is 5.32 Å². The summed E-state index contributed by atoms with van der Waals surface area (Å²) in [6.07, 6.45) is 2.97. The first-order valence-electron chi connectivity index (χ1n) is 8.88. The largest absolute Gasteiger partial charge is 0.449 e. The summed E-state index contributed by atoms with van der Waals surface area (Å²) in [4.78, 5) is 24.7. The molecule has 0 bridgehead atoms. The van der Waals surface area contributed by atoms with E-state index in [2.05, 4.69) is 25.9 Å². The lowest BCUT2D eigenvalue weighted by atomic mass is 10.2. The first kappa shape index (κ1) is 19.2. The van der Waals surface area contributed by atoms with E-state index in [0.29, 0.717) is 17.1 Å². The number of nitrogens with one attached hydrogen (secondary N) is 1. The number of ether oxygens (including phenoxy) is 1. The van der Waals surface area contributed by atoms with Gasteiger partial charge in [0, 0.05) is 6.07 Å². The van der Waals surface area contributed by atoms with Gasteiger partial charge in [0.15, 0.2) is 6.10 Å². The summed E-state index contributed by atoms with van der Waals surface area (Å²) in [5.41, 5.74) is 1.02. The number of carbonyl (C=O) groups is 2. The van der Waals surface area contributed by atoms with Gasteiger partial charge in [0.2, 0.25) is 0 Å². The molecule has 0 unspecified atom stereocenters. The van der Waals surface area contributed by atoms with Crippen molar-refractivity contribution in [1.82, 2.24) is 30.0 Å². The molecule has 0 aliphatic carbocycles. The Morgan fingerprint density at radius 1 is 1.18 bits per heavy atom. The van der Waals surface area contributed by atoms with Crippen LogP contribution in [-0.4, -0.2) is 48.0 Å². The lowest BCUT2D eigenvalue weighted by Crippen LogP contribution is -2.31. The highest BCUT2D eigenvalue weighted by atomic mass is 16.5. The SMILES string of the molecule is CC[C@@H](C)n1nccc1NC(=O)[C@H](C)OC(=O)c1ccc(-n2cnnn2)cc1. The van der Waals surface area contributed by atoms with Crippen LogP contribution in [0.4, 0.5) is 5.82 Å². The fourth-order valence-electron chi connectivity index (χ4n) is 2.48. The van der Waals surface area contributed by atoms with Crippen LogP contribution in [0.15, 0.2) is 42.9 Å². The molecule has 0 saturated heterocycles. The lowest BCUT2D eigenvalue weighted by Gasteiger charge is -2.17. The zero-order valence-corrected chi connectivity index (χ0v) is 15.8. The van der Waals surface area contributed by atoms with Gasteiger partial charge in [-0.05, 0) is 55.0 Å². The van der Waals surface area contributed by atoms with Gasteiger partial charge in [0.25, 0.3) is 5.91 Å². The van der Waals surface area contributed by atoms with Crippen molar-refractivity contribution in [3.63, 3.8) is 0 Å². The van der Waals surface area contributed by atoms with Gasteiger partial charge in [-0.15, -0.1) is 5.10 Å². The predicted octanol–water partition coefficient (Wildman–Crippen LogP) is 2.01. The molecule has 1 aromatic carbocycles. The molecule has 0 saturated carbocycles.